The maximum atomic E-state index is 12.7. The van der Waals surface area contributed by atoms with Crippen molar-refractivity contribution in [1.82, 2.24) is 13.9 Å². The van der Waals surface area contributed by atoms with Gasteiger partial charge in [0.2, 0.25) is 0 Å². The molecule has 1 N–H and O–H groups in total. The standard InChI is InChI=1S/C14H29N3O3S/c1-15-9-13-5-3-7-17(11-13)21(18,19)16(2)10-14-6-4-8-20-12-14/h13-15H,3-12H2,1-2H3. The zero-order valence-corrected chi connectivity index (χ0v) is 14.1. The normalized spacial score (nSPS) is 28.9. The highest BCUT2D eigenvalue weighted by Gasteiger charge is 2.32. The van der Waals surface area contributed by atoms with Gasteiger partial charge < -0.3 is 10.1 Å². The number of nitrogens with zero attached hydrogens (tertiary/aromatic N) is 2. The molecule has 2 rings (SSSR count). The van der Waals surface area contributed by atoms with Gasteiger partial charge in [0, 0.05) is 33.3 Å². The van der Waals surface area contributed by atoms with Crippen molar-refractivity contribution in [2.24, 2.45) is 11.8 Å². The smallest absolute Gasteiger partial charge is 0.281 e. The van der Waals surface area contributed by atoms with Gasteiger partial charge in [-0.05, 0) is 51.1 Å². The Morgan fingerprint density at radius 1 is 1.29 bits per heavy atom. The number of ether oxygens (including phenoxy) is 1. The highest BCUT2D eigenvalue weighted by Crippen LogP contribution is 2.22. The molecule has 0 spiro atoms. The molecule has 2 aliphatic heterocycles. The lowest BCUT2D eigenvalue weighted by Crippen LogP contribution is -2.49. The molecule has 0 amide bonds. The van der Waals surface area contributed by atoms with E-state index in [1.165, 1.54) is 4.31 Å². The molecule has 2 fully saturated rings. The van der Waals surface area contributed by atoms with Crippen LogP contribution in [0.25, 0.3) is 0 Å². The number of hydrogen-bond acceptors (Lipinski definition) is 4. The fourth-order valence-electron chi connectivity index (χ4n) is 3.30. The van der Waals surface area contributed by atoms with Crippen LogP contribution >= 0.6 is 0 Å². The predicted molar refractivity (Wildman–Crippen MR) is 83.3 cm³/mol. The van der Waals surface area contributed by atoms with Crippen molar-refractivity contribution in [2.45, 2.75) is 25.7 Å². The molecule has 0 aromatic carbocycles. The van der Waals surface area contributed by atoms with Crippen LogP contribution < -0.4 is 5.32 Å². The molecule has 21 heavy (non-hydrogen) atoms. The summed E-state index contributed by atoms with van der Waals surface area (Å²) in [6.45, 7) is 4.22. The van der Waals surface area contributed by atoms with Gasteiger partial charge in [0.15, 0.2) is 0 Å². The van der Waals surface area contributed by atoms with Crippen LogP contribution in [0.1, 0.15) is 25.7 Å². The van der Waals surface area contributed by atoms with E-state index >= 15 is 0 Å². The largest absolute Gasteiger partial charge is 0.381 e. The molecule has 6 nitrogen and oxygen atoms in total. The van der Waals surface area contributed by atoms with Crippen LogP contribution in [0.3, 0.4) is 0 Å². The van der Waals surface area contributed by atoms with Gasteiger partial charge in [-0.2, -0.15) is 17.0 Å². The molecule has 2 atom stereocenters. The summed E-state index contributed by atoms with van der Waals surface area (Å²) in [6.07, 6.45) is 4.15. The minimum Gasteiger partial charge on any atom is -0.381 e. The SMILES string of the molecule is CNCC1CCCN(S(=O)(=O)N(C)CC2CCCOC2)C1. The third-order valence-corrected chi connectivity index (χ3v) is 6.39. The first-order valence-corrected chi connectivity index (χ1v) is 9.37. The highest BCUT2D eigenvalue weighted by molar-refractivity contribution is 7.86. The Kier molecular flexibility index (Phi) is 6.43. The minimum absolute atomic E-state index is 0.330. The van der Waals surface area contributed by atoms with E-state index in [1.54, 1.807) is 11.4 Å². The molecule has 124 valence electrons. The summed E-state index contributed by atoms with van der Waals surface area (Å²) >= 11 is 0. The van der Waals surface area contributed by atoms with E-state index in [0.717, 1.165) is 38.8 Å². The molecule has 0 radical (unpaired) electrons. The first kappa shape index (κ1) is 17.1. The molecule has 0 bridgehead atoms. The average Bonchev–Trinajstić information content (AvgIpc) is 2.49. The van der Waals surface area contributed by atoms with Gasteiger partial charge in [-0.25, -0.2) is 0 Å². The maximum absolute atomic E-state index is 12.7. The average molecular weight is 319 g/mol. The van der Waals surface area contributed by atoms with Crippen LogP contribution in [-0.2, 0) is 14.9 Å². The van der Waals surface area contributed by atoms with Gasteiger partial charge in [0.25, 0.3) is 10.2 Å². The Morgan fingerprint density at radius 2 is 2.05 bits per heavy atom. The molecule has 7 heteroatoms. The lowest BCUT2D eigenvalue weighted by atomic mass is 10.00. The molecule has 2 aliphatic rings. The molecule has 2 heterocycles. The van der Waals surface area contributed by atoms with E-state index in [9.17, 15) is 8.42 Å². The van der Waals surface area contributed by atoms with Gasteiger partial charge >= 0.3 is 0 Å². The Hall–Kier alpha value is -0.210. The van der Waals surface area contributed by atoms with E-state index in [4.69, 9.17) is 4.74 Å². The highest BCUT2D eigenvalue weighted by atomic mass is 32.2. The minimum atomic E-state index is -3.33. The quantitative estimate of drug-likeness (QED) is 0.775. The van der Waals surface area contributed by atoms with E-state index < -0.39 is 10.2 Å². The number of piperidine rings is 1. The fraction of sp³-hybridized carbons (Fsp3) is 1.00. The van der Waals surface area contributed by atoms with Gasteiger partial charge in [-0.3, -0.25) is 0 Å². The molecular weight excluding hydrogens is 290 g/mol. The molecule has 0 aromatic rings. The van der Waals surface area contributed by atoms with Crippen LogP contribution in [0.15, 0.2) is 0 Å². The van der Waals surface area contributed by atoms with Crippen molar-refractivity contribution >= 4 is 10.2 Å². The van der Waals surface area contributed by atoms with Crippen molar-refractivity contribution in [3.05, 3.63) is 0 Å². The number of hydrogen-bond donors (Lipinski definition) is 1. The summed E-state index contributed by atoms with van der Waals surface area (Å²) in [5.74, 6) is 0.751. The van der Waals surface area contributed by atoms with Crippen molar-refractivity contribution < 1.29 is 13.2 Å². The van der Waals surface area contributed by atoms with E-state index in [-0.39, 0.29) is 0 Å². The van der Waals surface area contributed by atoms with E-state index in [2.05, 4.69) is 5.32 Å². The summed E-state index contributed by atoms with van der Waals surface area (Å²) in [5.41, 5.74) is 0. The first-order chi connectivity index (χ1) is 10.0. The van der Waals surface area contributed by atoms with Crippen molar-refractivity contribution in [3.8, 4) is 0 Å². The zero-order chi connectivity index (χ0) is 15.3. The van der Waals surface area contributed by atoms with Crippen molar-refractivity contribution in [1.29, 1.82) is 0 Å². The lowest BCUT2D eigenvalue weighted by Gasteiger charge is -2.35. The monoisotopic (exact) mass is 319 g/mol. The summed E-state index contributed by atoms with van der Waals surface area (Å²) in [6, 6.07) is 0. The molecule has 2 unspecified atom stereocenters. The number of nitrogens with one attached hydrogen (secondary N) is 1. The van der Waals surface area contributed by atoms with Crippen molar-refractivity contribution in [3.63, 3.8) is 0 Å². The van der Waals surface area contributed by atoms with E-state index in [1.807, 2.05) is 7.05 Å². The third kappa shape index (κ3) is 4.63. The summed E-state index contributed by atoms with van der Waals surface area (Å²) in [5, 5.41) is 3.15. The topological polar surface area (TPSA) is 61.9 Å². The summed E-state index contributed by atoms with van der Waals surface area (Å²) < 4.78 is 34.0. The maximum Gasteiger partial charge on any atom is 0.281 e. The van der Waals surface area contributed by atoms with Crippen LogP contribution in [-0.4, -0.2) is 70.5 Å². The second-order valence-electron chi connectivity index (χ2n) is 6.30. The summed E-state index contributed by atoms with van der Waals surface area (Å²) in [4.78, 5) is 0. The number of rotatable bonds is 6. The zero-order valence-electron chi connectivity index (χ0n) is 13.3. The predicted octanol–water partition coefficient (Wildman–Crippen LogP) is 0.521. The molecule has 0 aromatic heterocycles. The second kappa shape index (κ2) is 7.87. The van der Waals surface area contributed by atoms with Crippen LogP contribution in [0, 0.1) is 11.8 Å². The summed E-state index contributed by atoms with van der Waals surface area (Å²) in [7, 11) is 0.290. The van der Waals surface area contributed by atoms with Crippen molar-refractivity contribution in [2.75, 3.05) is 53.5 Å². The van der Waals surface area contributed by atoms with Gasteiger partial charge in [-0.15, -0.1) is 0 Å². The second-order valence-corrected chi connectivity index (χ2v) is 8.33. The van der Waals surface area contributed by atoms with Crippen LogP contribution in [0.4, 0.5) is 0 Å². The fourth-order valence-corrected chi connectivity index (χ4v) is 4.85. The Morgan fingerprint density at radius 3 is 2.71 bits per heavy atom. The Balaban J connectivity index is 1.92. The third-order valence-electron chi connectivity index (χ3n) is 4.46. The Bertz CT molecular complexity index is 408. The first-order valence-electron chi connectivity index (χ1n) is 7.97. The van der Waals surface area contributed by atoms with Crippen LogP contribution in [0.2, 0.25) is 0 Å². The van der Waals surface area contributed by atoms with Crippen LogP contribution in [0.5, 0.6) is 0 Å². The Labute approximate surface area is 129 Å². The molecular formula is C14H29N3O3S. The lowest BCUT2D eigenvalue weighted by molar-refractivity contribution is 0.0489. The molecule has 0 saturated carbocycles. The van der Waals surface area contributed by atoms with E-state index in [0.29, 0.717) is 38.1 Å². The van der Waals surface area contributed by atoms with Gasteiger partial charge in [0.1, 0.15) is 0 Å². The van der Waals surface area contributed by atoms with Gasteiger partial charge in [-0.1, -0.05) is 0 Å². The van der Waals surface area contributed by atoms with Gasteiger partial charge in [0.05, 0.1) is 6.61 Å². The molecule has 2 saturated heterocycles. The molecule has 0 aliphatic carbocycles.